The molecular formula is C28H30ClNO5S. The first kappa shape index (κ1) is 27.5. The second-order valence-corrected chi connectivity index (χ2v) is 9.51. The van der Waals surface area contributed by atoms with E-state index in [9.17, 15) is 9.59 Å². The van der Waals surface area contributed by atoms with E-state index in [1.165, 1.54) is 43.2 Å². The quantitative estimate of drug-likeness (QED) is 0.246. The molecule has 1 saturated heterocycles. The van der Waals surface area contributed by atoms with Gasteiger partial charge in [0.25, 0.3) is 0 Å². The number of benzene rings is 2. The van der Waals surface area contributed by atoms with Crippen LogP contribution in [0.5, 0.6) is 11.5 Å². The van der Waals surface area contributed by atoms with Crippen molar-refractivity contribution in [1.82, 2.24) is 4.90 Å². The number of thiophene rings is 1. The van der Waals surface area contributed by atoms with E-state index in [1.54, 1.807) is 24.5 Å². The van der Waals surface area contributed by atoms with Crippen molar-refractivity contribution in [3.8, 4) is 21.9 Å². The van der Waals surface area contributed by atoms with Gasteiger partial charge >= 0.3 is 5.97 Å². The van der Waals surface area contributed by atoms with Gasteiger partial charge in [0.1, 0.15) is 11.5 Å². The van der Waals surface area contributed by atoms with Crippen LogP contribution in [0.4, 0.5) is 0 Å². The molecule has 0 radical (unpaired) electrons. The van der Waals surface area contributed by atoms with Crippen molar-refractivity contribution < 1.29 is 24.2 Å². The molecular weight excluding hydrogens is 498 g/mol. The Labute approximate surface area is 221 Å². The highest BCUT2D eigenvalue weighted by Gasteiger charge is 2.21. The van der Waals surface area contributed by atoms with Crippen LogP contribution in [0.1, 0.15) is 45.5 Å². The Kier molecular flexibility index (Phi) is 9.70. The molecule has 1 aromatic heterocycles. The summed E-state index contributed by atoms with van der Waals surface area (Å²) < 4.78 is 11.9. The average Bonchev–Trinajstić information content (AvgIpc) is 3.55. The van der Waals surface area contributed by atoms with Crippen molar-refractivity contribution in [2.75, 3.05) is 27.3 Å². The maximum atomic E-state index is 12.8. The van der Waals surface area contributed by atoms with Gasteiger partial charge in [-0.2, -0.15) is 0 Å². The molecule has 0 aliphatic carbocycles. The molecule has 1 fully saturated rings. The number of hydrogen-bond donors (Lipinski definition) is 1. The maximum Gasteiger partial charge on any atom is 0.335 e. The molecule has 0 amide bonds. The van der Waals surface area contributed by atoms with Crippen LogP contribution in [0.25, 0.3) is 16.5 Å². The summed E-state index contributed by atoms with van der Waals surface area (Å²) in [7, 11) is 3.79. The third-order valence-corrected chi connectivity index (χ3v) is 7.23. The number of methoxy groups -OCH3 is 1. The summed E-state index contributed by atoms with van der Waals surface area (Å²) >= 11 is 1.61. The molecule has 0 bridgehead atoms. The number of halogens is 1. The zero-order valence-corrected chi connectivity index (χ0v) is 21.9. The van der Waals surface area contributed by atoms with Crippen molar-refractivity contribution in [2.45, 2.75) is 25.3 Å². The van der Waals surface area contributed by atoms with Crippen LogP contribution in [0, 0.1) is 0 Å². The van der Waals surface area contributed by atoms with Gasteiger partial charge in [0.05, 0.1) is 19.3 Å². The van der Waals surface area contributed by atoms with Crippen LogP contribution in [0.3, 0.4) is 0 Å². The summed E-state index contributed by atoms with van der Waals surface area (Å²) in [5.74, 6) is 0.139. The Bertz CT molecular complexity index is 1210. The van der Waals surface area contributed by atoms with Crippen molar-refractivity contribution in [1.29, 1.82) is 0 Å². The van der Waals surface area contributed by atoms with Crippen LogP contribution in [0.2, 0.25) is 0 Å². The largest absolute Gasteiger partial charge is 0.496 e. The zero-order chi connectivity index (χ0) is 24.8. The van der Waals surface area contributed by atoms with Gasteiger partial charge in [0.2, 0.25) is 0 Å². The van der Waals surface area contributed by atoms with Crippen LogP contribution < -0.4 is 9.47 Å². The molecule has 4 rings (SSSR count). The minimum atomic E-state index is -1.02. The number of carbonyl (C=O) groups is 2. The third-order valence-electron chi connectivity index (χ3n) is 6.33. The first-order valence-electron chi connectivity index (χ1n) is 11.6. The SMILES string of the molecule is COc1cc(OCCC2CCCN2C)c(/C=C/C(=O)c2ccc(C(=O)O)cc2)cc1-c1cccs1.Cl. The molecule has 36 heavy (non-hydrogen) atoms. The number of allylic oxidation sites excluding steroid dienone is 1. The Morgan fingerprint density at radius 3 is 2.50 bits per heavy atom. The lowest BCUT2D eigenvalue weighted by Gasteiger charge is -2.20. The molecule has 2 heterocycles. The number of rotatable bonds is 10. The summed E-state index contributed by atoms with van der Waals surface area (Å²) in [6.07, 6.45) is 6.58. The Balaban J connectivity index is 0.00000361. The van der Waals surface area contributed by atoms with Gasteiger partial charge in [-0.1, -0.05) is 18.2 Å². The number of aromatic carboxylic acids is 1. The molecule has 6 nitrogen and oxygen atoms in total. The summed E-state index contributed by atoms with van der Waals surface area (Å²) in [6.45, 7) is 1.69. The van der Waals surface area contributed by atoms with Crippen molar-refractivity contribution in [3.63, 3.8) is 0 Å². The van der Waals surface area contributed by atoms with E-state index in [0.29, 0.717) is 29.7 Å². The number of nitrogens with zero attached hydrogens (tertiary/aromatic N) is 1. The lowest BCUT2D eigenvalue weighted by molar-refractivity contribution is 0.0696. The molecule has 190 valence electrons. The maximum absolute atomic E-state index is 12.8. The third kappa shape index (κ3) is 6.55. The molecule has 1 N–H and O–H groups in total. The van der Waals surface area contributed by atoms with Gasteiger partial charge in [0, 0.05) is 33.7 Å². The molecule has 1 unspecified atom stereocenters. The highest BCUT2D eigenvalue weighted by atomic mass is 35.5. The summed E-state index contributed by atoms with van der Waals surface area (Å²) in [4.78, 5) is 27.3. The van der Waals surface area contributed by atoms with E-state index >= 15 is 0 Å². The van der Waals surface area contributed by atoms with Crippen LogP contribution in [0.15, 0.2) is 60.0 Å². The number of hydrogen-bond acceptors (Lipinski definition) is 6. The number of likely N-dealkylation sites (tertiary alicyclic amines) is 1. The Morgan fingerprint density at radius 1 is 1.14 bits per heavy atom. The van der Waals surface area contributed by atoms with E-state index in [0.717, 1.165) is 29.0 Å². The topological polar surface area (TPSA) is 76.1 Å². The average molecular weight is 528 g/mol. The molecule has 0 spiro atoms. The lowest BCUT2D eigenvalue weighted by Crippen LogP contribution is -2.26. The minimum Gasteiger partial charge on any atom is -0.496 e. The van der Waals surface area contributed by atoms with E-state index in [2.05, 4.69) is 11.9 Å². The van der Waals surface area contributed by atoms with E-state index in [1.807, 2.05) is 29.6 Å². The van der Waals surface area contributed by atoms with E-state index in [-0.39, 0.29) is 23.8 Å². The molecule has 2 aromatic carbocycles. The smallest absolute Gasteiger partial charge is 0.335 e. The van der Waals surface area contributed by atoms with Gasteiger partial charge in [-0.05, 0) is 74.7 Å². The van der Waals surface area contributed by atoms with Crippen LogP contribution in [-0.2, 0) is 0 Å². The van der Waals surface area contributed by atoms with Gasteiger partial charge in [-0.15, -0.1) is 23.7 Å². The highest BCUT2D eigenvalue weighted by Crippen LogP contribution is 2.39. The van der Waals surface area contributed by atoms with Gasteiger partial charge < -0.3 is 19.5 Å². The summed E-state index contributed by atoms with van der Waals surface area (Å²) in [5, 5.41) is 11.1. The van der Waals surface area contributed by atoms with E-state index in [4.69, 9.17) is 14.6 Å². The van der Waals surface area contributed by atoms with Crippen molar-refractivity contribution >= 4 is 41.6 Å². The Hall–Kier alpha value is -3.13. The molecule has 0 saturated carbocycles. The predicted octanol–water partition coefficient (Wildman–Crippen LogP) is 6.30. The normalized spacial score (nSPS) is 15.6. The fraction of sp³-hybridized carbons (Fsp3) is 0.286. The lowest BCUT2D eigenvalue weighted by atomic mass is 10.0. The number of carboxylic acid groups (broad SMARTS) is 1. The minimum absolute atomic E-state index is 0. The monoisotopic (exact) mass is 527 g/mol. The fourth-order valence-corrected chi connectivity index (χ4v) is 5.06. The standard InChI is InChI=1S/C28H29NO5S.ClH/c1-29-14-3-5-22(29)13-15-34-25-18-26(33-2)23(27-6-4-16-35-27)17-21(25)11-12-24(30)19-7-9-20(10-8-19)28(31)32;/h4,6-12,16-18,22H,3,5,13-15H2,1-2H3,(H,31,32);1H/b12-11+;. The van der Waals surface area contributed by atoms with Crippen LogP contribution in [-0.4, -0.2) is 55.1 Å². The number of ketones is 1. The second kappa shape index (κ2) is 12.7. The second-order valence-electron chi connectivity index (χ2n) is 8.56. The fourth-order valence-electron chi connectivity index (χ4n) is 4.31. The predicted molar refractivity (Wildman–Crippen MR) is 146 cm³/mol. The molecule has 1 aliphatic heterocycles. The highest BCUT2D eigenvalue weighted by molar-refractivity contribution is 7.13. The first-order valence-corrected chi connectivity index (χ1v) is 12.5. The summed E-state index contributed by atoms with van der Waals surface area (Å²) in [5.41, 5.74) is 2.28. The van der Waals surface area contributed by atoms with Crippen LogP contribution >= 0.6 is 23.7 Å². The van der Waals surface area contributed by atoms with Crippen molar-refractivity contribution in [3.05, 3.63) is 76.7 Å². The van der Waals surface area contributed by atoms with Gasteiger partial charge in [-0.3, -0.25) is 4.79 Å². The van der Waals surface area contributed by atoms with Gasteiger partial charge in [0.15, 0.2) is 5.78 Å². The first-order chi connectivity index (χ1) is 17.0. The van der Waals surface area contributed by atoms with E-state index < -0.39 is 5.97 Å². The number of ether oxygens (including phenoxy) is 2. The molecule has 1 atom stereocenters. The zero-order valence-electron chi connectivity index (χ0n) is 20.3. The van der Waals surface area contributed by atoms with Gasteiger partial charge in [-0.25, -0.2) is 4.79 Å². The molecule has 1 aliphatic rings. The summed E-state index contributed by atoms with van der Waals surface area (Å²) in [6, 6.07) is 14.3. The Morgan fingerprint density at radius 2 is 1.89 bits per heavy atom. The molecule has 3 aromatic rings. The molecule has 8 heteroatoms. The number of carbonyl (C=O) groups excluding carboxylic acids is 1. The number of carboxylic acids is 1. The van der Waals surface area contributed by atoms with Crippen molar-refractivity contribution in [2.24, 2.45) is 0 Å².